The zero-order valence-corrected chi connectivity index (χ0v) is 12.9. The number of ether oxygens (including phenoxy) is 1. The number of aromatic amines is 1. The first-order chi connectivity index (χ1) is 11.7. The molecule has 120 valence electrons. The summed E-state index contributed by atoms with van der Waals surface area (Å²) in [6.45, 7) is 1.72. The highest BCUT2D eigenvalue weighted by atomic mass is 16.5. The van der Waals surface area contributed by atoms with Crippen molar-refractivity contribution in [3.05, 3.63) is 76.3 Å². The van der Waals surface area contributed by atoms with Gasteiger partial charge in [0.25, 0.3) is 0 Å². The molecule has 0 aliphatic heterocycles. The number of rotatable bonds is 5. The summed E-state index contributed by atoms with van der Waals surface area (Å²) in [5.41, 5.74) is 3.56. The predicted octanol–water partition coefficient (Wildman–Crippen LogP) is 2.71. The summed E-state index contributed by atoms with van der Waals surface area (Å²) in [5, 5.41) is 10.1. The molecule has 0 fully saturated rings. The molecule has 7 nitrogen and oxygen atoms in total. The third-order valence-electron chi connectivity index (χ3n) is 3.10. The second-order valence-corrected chi connectivity index (χ2v) is 4.93. The molecule has 1 aromatic heterocycles. The highest BCUT2D eigenvalue weighted by Gasteiger charge is 2.01. The van der Waals surface area contributed by atoms with Crippen molar-refractivity contribution in [2.45, 2.75) is 6.92 Å². The highest BCUT2D eigenvalue weighted by Crippen LogP contribution is 2.21. The molecular weight excluding hydrogens is 306 g/mol. The topological polar surface area (TPSA) is 92.3 Å². The summed E-state index contributed by atoms with van der Waals surface area (Å²) in [7, 11) is 0. The Labute approximate surface area is 138 Å². The lowest BCUT2D eigenvalue weighted by atomic mass is 10.2. The third-order valence-corrected chi connectivity index (χ3v) is 3.10. The molecule has 0 saturated heterocycles. The van der Waals surface area contributed by atoms with Crippen LogP contribution < -0.4 is 15.9 Å². The van der Waals surface area contributed by atoms with Crippen LogP contribution in [0.3, 0.4) is 0 Å². The van der Waals surface area contributed by atoms with E-state index in [2.05, 4.69) is 25.7 Å². The minimum Gasteiger partial charge on any atom is -0.457 e. The van der Waals surface area contributed by atoms with Crippen molar-refractivity contribution in [2.24, 2.45) is 5.10 Å². The van der Waals surface area contributed by atoms with Crippen molar-refractivity contribution in [1.29, 1.82) is 0 Å². The van der Waals surface area contributed by atoms with Gasteiger partial charge < -0.3 is 4.74 Å². The van der Waals surface area contributed by atoms with Crippen molar-refractivity contribution in [2.75, 3.05) is 5.43 Å². The van der Waals surface area contributed by atoms with Crippen LogP contribution in [0.5, 0.6) is 11.5 Å². The van der Waals surface area contributed by atoms with E-state index in [0.717, 1.165) is 11.3 Å². The van der Waals surface area contributed by atoms with Gasteiger partial charge >= 0.3 is 5.69 Å². The van der Waals surface area contributed by atoms with Gasteiger partial charge in [-0.25, -0.2) is 9.89 Å². The monoisotopic (exact) mass is 321 g/mol. The molecule has 0 unspecified atom stereocenters. The van der Waals surface area contributed by atoms with Crippen molar-refractivity contribution in [1.82, 2.24) is 15.2 Å². The number of H-pyrrole nitrogens is 1. The zero-order chi connectivity index (χ0) is 16.8. The number of aromatic nitrogens is 3. The number of nitrogens with zero attached hydrogens (tertiary/aromatic N) is 3. The summed E-state index contributed by atoms with van der Waals surface area (Å²) < 4.78 is 5.77. The molecule has 0 aliphatic rings. The average molecular weight is 321 g/mol. The Bertz CT molecular complexity index is 906. The Balaban J connectivity index is 1.70. The molecule has 3 aromatic rings. The van der Waals surface area contributed by atoms with Crippen LogP contribution in [0, 0.1) is 6.92 Å². The maximum Gasteiger partial charge on any atom is 0.363 e. The number of para-hydroxylation sites is 1. The molecular formula is C17H15N5O2. The van der Waals surface area contributed by atoms with Gasteiger partial charge in [-0.05, 0) is 36.8 Å². The van der Waals surface area contributed by atoms with Gasteiger partial charge in [-0.1, -0.05) is 30.3 Å². The predicted molar refractivity (Wildman–Crippen MR) is 91.6 cm³/mol. The Morgan fingerprint density at radius 2 is 1.92 bits per heavy atom. The average Bonchev–Trinajstić information content (AvgIpc) is 2.59. The first-order valence-electron chi connectivity index (χ1n) is 7.26. The van der Waals surface area contributed by atoms with Gasteiger partial charge in [0, 0.05) is 0 Å². The number of anilines is 1. The SMILES string of the molecule is Cc1n[nH]c(=O)nc1N/N=C/c1cccc(Oc2ccccc2)c1. The van der Waals surface area contributed by atoms with E-state index in [9.17, 15) is 4.79 Å². The second-order valence-electron chi connectivity index (χ2n) is 4.93. The minimum atomic E-state index is -0.531. The number of aryl methyl sites for hydroxylation is 1. The van der Waals surface area contributed by atoms with Gasteiger partial charge in [-0.2, -0.15) is 15.2 Å². The highest BCUT2D eigenvalue weighted by molar-refractivity contribution is 5.80. The lowest BCUT2D eigenvalue weighted by Crippen LogP contribution is -2.15. The lowest BCUT2D eigenvalue weighted by Gasteiger charge is -2.06. The number of benzene rings is 2. The lowest BCUT2D eigenvalue weighted by molar-refractivity contribution is 0.482. The van der Waals surface area contributed by atoms with Crippen LogP contribution in [0.1, 0.15) is 11.3 Å². The van der Waals surface area contributed by atoms with Crippen LogP contribution in [0.2, 0.25) is 0 Å². The molecule has 2 aromatic carbocycles. The number of hydrazone groups is 1. The Morgan fingerprint density at radius 1 is 1.12 bits per heavy atom. The zero-order valence-electron chi connectivity index (χ0n) is 12.9. The molecule has 3 rings (SSSR count). The molecule has 0 amide bonds. The van der Waals surface area contributed by atoms with Gasteiger partial charge in [0.05, 0.1) is 6.21 Å². The van der Waals surface area contributed by atoms with Crippen molar-refractivity contribution in [3.8, 4) is 11.5 Å². The maximum atomic E-state index is 11.2. The molecule has 24 heavy (non-hydrogen) atoms. The summed E-state index contributed by atoms with van der Waals surface area (Å²) in [6, 6.07) is 17.0. The maximum absolute atomic E-state index is 11.2. The smallest absolute Gasteiger partial charge is 0.363 e. The van der Waals surface area contributed by atoms with Crippen molar-refractivity contribution >= 4 is 12.0 Å². The van der Waals surface area contributed by atoms with Crippen LogP contribution in [0.25, 0.3) is 0 Å². The van der Waals surface area contributed by atoms with Crippen LogP contribution in [0.15, 0.2) is 64.5 Å². The molecule has 2 N–H and O–H groups in total. The normalized spacial score (nSPS) is 10.7. The van der Waals surface area contributed by atoms with E-state index in [1.807, 2.05) is 54.6 Å². The Kier molecular flexibility index (Phi) is 4.62. The Hall–Kier alpha value is -3.48. The fraction of sp³-hybridized carbons (Fsp3) is 0.0588. The van der Waals surface area contributed by atoms with Crippen LogP contribution in [0.4, 0.5) is 5.82 Å². The summed E-state index contributed by atoms with van der Waals surface area (Å²) in [4.78, 5) is 14.9. The molecule has 0 radical (unpaired) electrons. The van der Waals surface area contributed by atoms with E-state index in [1.165, 1.54) is 0 Å². The minimum absolute atomic E-state index is 0.312. The second kappa shape index (κ2) is 7.19. The quantitative estimate of drug-likeness (QED) is 0.557. The van der Waals surface area contributed by atoms with Gasteiger partial charge in [-0.15, -0.1) is 0 Å². The summed E-state index contributed by atoms with van der Waals surface area (Å²) in [6.07, 6.45) is 1.61. The molecule has 7 heteroatoms. The number of nitrogens with one attached hydrogen (secondary N) is 2. The van der Waals surface area contributed by atoms with E-state index in [4.69, 9.17) is 4.74 Å². The Morgan fingerprint density at radius 3 is 2.75 bits per heavy atom. The molecule has 0 saturated carbocycles. The van der Waals surface area contributed by atoms with E-state index in [1.54, 1.807) is 13.1 Å². The molecule has 0 atom stereocenters. The fourth-order valence-corrected chi connectivity index (χ4v) is 1.95. The van der Waals surface area contributed by atoms with Gasteiger partial charge in [0.2, 0.25) is 0 Å². The van der Waals surface area contributed by atoms with Crippen molar-refractivity contribution in [3.63, 3.8) is 0 Å². The van der Waals surface area contributed by atoms with Gasteiger partial charge in [-0.3, -0.25) is 5.43 Å². The van der Waals surface area contributed by atoms with E-state index in [-0.39, 0.29) is 0 Å². The van der Waals surface area contributed by atoms with E-state index in [0.29, 0.717) is 17.3 Å². The molecule has 0 aliphatic carbocycles. The van der Waals surface area contributed by atoms with Gasteiger partial charge in [0.15, 0.2) is 5.82 Å². The van der Waals surface area contributed by atoms with Crippen molar-refractivity contribution < 1.29 is 4.74 Å². The fourth-order valence-electron chi connectivity index (χ4n) is 1.95. The molecule has 1 heterocycles. The first-order valence-corrected chi connectivity index (χ1v) is 7.26. The molecule has 0 spiro atoms. The van der Waals surface area contributed by atoms with Crippen LogP contribution in [-0.2, 0) is 0 Å². The standard InChI is InChI=1S/C17H15N5O2/c1-12-16(19-17(23)22-20-12)21-18-11-13-6-5-9-15(10-13)24-14-7-3-2-4-8-14/h2-11H,1H3,(H2,19,21,22,23)/b18-11+. The van der Waals surface area contributed by atoms with Crippen LogP contribution >= 0.6 is 0 Å². The van der Waals surface area contributed by atoms with Gasteiger partial charge in [0.1, 0.15) is 17.2 Å². The van der Waals surface area contributed by atoms with E-state index < -0.39 is 5.69 Å². The summed E-state index contributed by atoms with van der Waals surface area (Å²) >= 11 is 0. The number of hydrogen-bond acceptors (Lipinski definition) is 6. The van der Waals surface area contributed by atoms with Crippen LogP contribution in [-0.4, -0.2) is 21.4 Å². The van der Waals surface area contributed by atoms with E-state index >= 15 is 0 Å². The third kappa shape index (κ3) is 4.04. The molecule has 0 bridgehead atoms. The first kappa shape index (κ1) is 15.4. The largest absolute Gasteiger partial charge is 0.457 e. The summed E-state index contributed by atoms with van der Waals surface area (Å²) in [5.74, 6) is 1.78. The number of hydrogen-bond donors (Lipinski definition) is 2.